The van der Waals surface area contributed by atoms with Gasteiger partial charge in [0.1, 0.15) is 0 Å². The number of nitrogens with two attached hydrogens (primary N) is 1. The van der Waals surface area contributed by atoms with Gasteiger partial charge in [-0.1, -0.05) is 0 Å². The molecule has 3 nitrogen and oxygen atoms in total. The van der Waals surface area contributed by atoms with Crippen molar-refractivity contribution in [2.24, 2.45) is 5.73 Å². The molecule has 0 aliphatic carbocycles. The van der Waals surface area contributed by atoms with Crippen LogP contribution in [-0.2, 0) is 6.42 Å². The third-order valence-corrected chi connectivity index (χ3v) is 4.48. The van der Waals surface area contributed by atoms with Crippen molar-refractivity contribution in [1.82, 2.24) is 9.88 Å². The molecule has 1 unspecified atom stereocenters. The summed E-state index contributed by atoms with van der Waals surface area (Å²) in [6.45, 7) is 6.87. The van der Waals surface area contributed by atoms with Crippen molar-refractivity contribution in [2.45, 2.75) is 44.7 Å². The fourth-order valence-corrected chi connectivity index (χ4v) is 3.01. The molecule has 1 aliphatic rings. The van der Waals surface area contributed by atoms with Crippen LogP contribution in [0.2, 0.25) is 0 Å². The minimum Gasteiger partial charge on any atom is -0.326 e. The third-order valence-electron chi connectivity index (χ3n) is 4.05. The van der Waals surface area contributed by atoms with Gasteiger partial charge in [0.25, 0.3) is 0 Å². The Balaban J connectivity index is 2.04. The first-order valence-corrected chi connectivity index (χ1v) is 7.39. The Kier molecular flexibility index (Phi) is 4.41. The highest BCUT2D eigenvalue weighted by atomic mass is 79.9. The molecule has 2 N–H and O–H groups in total. The summed E-state index contributed by atoms with van der Waals surface area (Å²) in [5.74, 6) is 0. The van der Waals surface area contributed by atoms with Crippen LogP contribution in [0.4, 0.5) is 0 Å². The van der Waals surface area contributed by atoms with E-state index in [1.165, 1.54) is 31.5 Å². The van der Waals surface area contributed by atoms with Crippen LogP contribution in [0.25, 0.3) is 0 Å². The molecule has 0 bridgehead atoms. The average molecular weight is 312 g/mol. The first-order valence-electron chi connectivity index (χ1n) is 6.60. The van der Waals surface area contributed by atoms with Crippen LogP contribution in [0.1, 0.15) is 32.3 Å². The lowest BCUT2D eigenvalue weighted by molar-refractivity contribution is 0.123. The zero-order chi connectivity index (χ0) is 13.2. The molecule has 0 aromatic carbocycles. The summed E-state index contributed by atoms with van der Waals surface area (Å²) in [4.78, 5) is 6.72. The number of hydrogen-bond acceptors (Lipinski definition) is 3. The van der Waals surface area contributed by atoms with Crippen LogP contribution in [0, 0.1) is 0 Å². The van der Waals surface area contributed by atoms with Crippen LogP contribution < -0.4 is 5.73 Å². The van der Waals surface area contributed by atoms with Gasteiger partial charge in [-0.2, -0.15) is 0 Å². The summed E-state index contributed by atoms with van der Waals surface area (Å²) >= 11 is 3.46. The highest BCUT2D eigenvalue weighted by molar-refractivity contribution is 9.10. The minimum atomic E-state index is 0.0544. The van der Waals surface area contributed by atoms with E-state index in [1.807, 2.05) is 6.20 Å². The Morgan fingerprint density at radius 2 is 2.06 bits per heavy atom. The molecule has 0 saturated carbocycles. The Morgan fingerprint density at radius 3 is 2.67 bits per heavy atom. The quantitative estimate of drug-likeness (QED) is 0.929. The van der Waals surface area contributed by atoms with Crippen molar-refractivity contribution in [2.75, 3.05) is 13.1 Å². The summed E-state index contributed by atoms with van der Waals surface area (Å²) in [6.07, 6.45) is 7.18. The molecular weight excluding hydrogens is 290 g/mol. The SMILES string of the molecule is CC(C)(C(N)Cc1cncc(Br)c1)N1CCCC1. The zero-order valence-electron chi connectivity index (χ0n) is 11.2. The van der Waals surface area contributed by atoms with E-state index >= 15 is 0 Å². The van der Waals surface area contributed by atoms with E-state index in [0.717, 1.165) is 10.9 Å². The monoisotopic (exact) mass is 311 g/mol. The van der Waals surface area contributed by atoms with Crippen molar-refractivity contribution in [1.29, 1.82) is 0 Å². The van der Waals surface area contributed by atoms with Gasteiger partial charge in [0.2, 0.25) is 0 Å². The summed E-state index contributed by atoms with van der Waals surface area (Å²) in [5, 5.41) is 0. The zero-order valence-corrected chi connectivity index (χ0v) is 12.8. The predicted octanol–water partition coefficient (Wildman–Crippen LogP) is 2.59. The number of rotatable bonds is 4. The number of pyridine rings is 1. The number of likely N-dealkylation sites (tertiary alicyclic amines) is 1. The fourth-order valence-electron chi connectivity index (χ4n) is 2.60. The van der Waals surface area contributed by atoms with Crippen LogP contribution >= 0.6 is 15.9 Å². The van der Waals surface area contributed by atoms with E-state index in [-0.39, 0.29) is 11.6 Å². The maximum absolute atomic E-state index is 6.43. The Labute approximate surface area is 118 Å². The van der Waals surface area contributed by atoms with Crippen molar-refractivity contribution >= 4 is 15.9 Å². The molecule has 2 rings (SSSR count). The number of halogens is 1. The normalized spacial score (nSPS) is 19.1. The van der Waals surface area contributed by atoms with Gasteiger partial charge in [-0.3, -0.25) is 9.88 Å². The molecule has 100 valence electrons. The second kappa shape index (κ2) is 5.68. The van der Waals surface area contributed by atoms with Gasteiger partial charge in [0, 0.05) is 28.4 Å². The van der Waals surface area contributed by atoms with Crippen molar-refractivity contribution in [3.8, 4) is 0 Å². The lowest BCUT2D eigenvalue weighted by Gasteiger charge is -2.40. The van der Waals surface area contributed by atoms with Crippen molar-refractivity contribution in [3.05, 3.63) is 28.5 Å². The summed E-state index contributed by atoms with van der Waals surface area (Å²) < 4.78 is 1.02. The van der Waals surface area contributed by atoms with Crippen molar-refractivity contribution in [3.63, 3.8) is 0 Å². The van der Waals surface area contributed by atoms with E-state index in [0.29, 0.717) is 0 Å². The summed E-state index contributed by atoms with van der Waals surface area (Å²) in [6, 6.07) is 2.24. The number of aromatic nitrogens is 1. The predicted molar refractivity (Wildman–Crippen MR) is 78.5 cm³/mol. The second-order valence-electron chi connectivity index (χ2n) is 5.67. The molecule has 1 saturated heterocycles. The second-order valence-corrected chi connectivity index (χ2v) is 6.59. The Hall–Kier alpha value is -0.450. The lowest BCUT2D eigenvalue weighted by Crippen LogP contribution is -2.55. The van der Waals surface area contributed by atoms with Gasteiger partial charge in [-0.15, -0.1) is 0 Å². The van der Waals surface area contributed by atoms with E-state index in [1.54, 1.807) is 6.20 Å². The van der Waals surface area contributed by atoms with Crippen LogP contribution in [-0.4, -0.2) is 34.6 Å². The molecule has 1 aromatic rings. The van der Waals surface area contributed by atoms with Gasteiger partial charge < -0.3 is 5.73 Å². The van der Waals surface area contributed by atoms with E-state index in [2.05, 4.69) is 45.7 Å². The molecule has 4 heteroatoms. The first kappa shape index (κ1) is 14.0. The minimum absolute atomic E-state index is 0.0544. The molecule has 2 heterocycles. The fraction of sp³-hybridized carbons (Fsp3) is 0.643. The molecule has 1 aromatic heterocycles. The van der Waals surface area contributed by atoms with Crippen molar-refractivity contribution < 1.29 is 0 Å². The van der Waals surface area contributed by atoms with Crippen LogP contribution in [0.5, 0.6) is 0 Å². The molecule has 1 fully saturated rings. The largest absolute Gasteiger partial charge is 0.326 e. The summed E-state index contributed by atoms with van der Waals surface area (Å²) in [5.41, 5.74) is 7.68. The van der Waals surface area contributed by atoms with E-state index < -0.39 is 0 Å². The average Bonchev–Trinajstić information content (AvgIpc) is 2.82. The molecule has 1 aliphatic heterocycles. The van der Waals surface area contributed by atoms with Gasteiger partial charge in [-0.05, 0) is 73.8 Å². The Bertz CT molecular complexity index is 400. The van der Waals surface area contributed by atoms with E-state index in [9.17, 15) is 0 Å². The van der Waals surface area contributed by atoms with Gasteiger partial charge in [-0.25, -0.2) is 0 Å². The highest BCUT2D eigenvalue weighted by Gasteiger charge is 2.34. The molecule has 1 atom stereocenters. The van der Waals surface area contributed by atoms with Gasteiger partial charge in [0.15, 0.2) is 0 Å². The lowest BCUT2D eigenvalue weighted by atomic mass is 9.89. The molecule has 0 amide bonds. The molecule has 0 spiro atoms. The standard InChI is InChI=1S/C14H22BrN3/c1-14(2,18-5-3-4-6-18)13(16)8-11-7-12(15)10-17-9-11/h7,9-10,13H,3-6,8,16H2,1-2H3. The number of hydrogen-bond donors (Lipinski definition) is 1. The molecular formula is C14H22BrN3. The highest BCUT2D eigenvalue weighted by Crippen LogP contribution is 2.25. The van der Waals surface area contributed by atoms with Gasteiger partial charge in [0.05, 0.1) is 0 Å². The maximum atomic E-state index is 6.43. The summed E-state index contributed by atoms with van der Waals surface area (Å²) in [7, 11) is 0. The third kappa shape index (κ3) is 3.11. The van der Waals surface area contributed by atoms with Crippen LogP contribution in [0.3, 0.4) is 0 Å². The first-order chi connectivity index (χ1) is 8.50. The smallest absolute Gasteiger partial charge is 0.0410 e. The topological polar surface area (TPSA) is 42.1 Å². The molecule has 18 heavy (non-hydrogen) atoms. The number of nitrogens with zero attached hydrogens (tertiary/aromatic N) is 2. The van der Waals surface area contributed by atoms with E-state index in [4.69, 9.17) is 5.73 Å². The van der Waals surface area contributed by atoms with Gasteiger partial charge >= 0.3 is 0 Å². The molecule has 0 radical (unpaired) electrons. The maximum Gasteiger partial charge on any atom is 0.0410 e. The van der Waals surface area contributed by atoms with Crippen LogP contribution in [0.15, 0.2) is 22.9 Å². The Morgan fingerprint density at radius 1 is 1.39 bits per heavy atom.